The van der Waals surface area contributed by atoms with Crippen LogP contribution in [-0.2, 0) is 18.6 Å². The summed E-state index contributed by atoms with van der Waals surface area (Å²) >= 11 is 0. The lowest BCUT2D eigenvalue weighted by atomic mass is 9.78. The molecule has 0 saturated carbocycles. The van der Waals surface area contributed by atoms with Crippen LogP contribution < -0.4 is 10.1 Å². The monoisotopic (exact) mass is 506 g/mol. The minimum absolute atomic E-state index is 0.117. The highest BCUT2D eigenvalue weighted by Crippen LogP contribution is 2.32. The van der Waals surface area contributed by atoms with E-state index in [4.69, 9.17) is 9.15 Å². The quantitative estimate of drug-likeness (QED) is 0.251. The molecule has 0 spiro atoms. The van der Waals surface area contributed by atoms with Gasteiger partial charge in [0, 0.05) is 5.41 Å². The first-order valence-electron chi connectivity index (χ1n) is 12.5. The second-order valence-electron chi connectivity index (χ2n) is 9.78. The second-order valence-corrected chi connectivity index (χ2v) is 9.78. The molecule has 0 radical (unpaired) electrons. The average molecular weight is 507 g/mol. The average Bonchev–Trinajstić information content (AvgIpc) is 3.58. The van der Waals surface area contributed by atoms with Gasteiger partial charge in [0.15, 0.2) is 5.76 Å². The maximum atomic E-state index is 12.6. The molecule has 192 valence electrons. The SMILES string of the molecule is Cc1cccc(Cn2cnc(NC(=O)c3ccc(COc4ccc(C(C)(C)c5ccccc5)cc4)o3)n2)c1. The molecule has 5 rings (SSSR count). The van der Waals surface area contributed by atoms with E-state index in [2.05, 4.69) is 71.7 Å². The van der Waals surface area contributed by atoms with Gasteiger partial charge in [0.25, 0.3) is 5.91 Å². The smallest absolute Gasteiger partial charge is 0.293 e. The van der Waals surface area contributed by atoms with Crippen LogP contribution in [0.1, 0.15) is 52.4 Å². The predicted molar refractivity (Wildman–Crippen MR) is 146 cm³/mol. The van der Waals surface area contributed by atoms with E-state index in [1.807, 2.05) is 43.3 Å². The molecular weight excluding hydrogens is 476 g/mol. The van der Waals surface area contributed by atoms with Gasteiger partial charge in [-0.3, -0.25) is 10.1 Å². The zero-order valence-corrected chi connectivity index (χ0v) is 21.7. The van der Waals surface area contributed by atoms with Crippen LogP contribution in [0.25, 0.3) is 0 Å². The molecule has 3 aromatic carbocycles. The third kappa shape index (κ3) is 5.83. The van der Waals surface area contributed by atoms with E-state index in [1.54, 1.807) is 23.1 Å². The Balaban J connectivity index is 1.15. The summed E-state index contributed by atoms with van der Waals surface area (Å²) in [6.07, 6.45) is 1.59. The summed E-state index contributed by atoms with van der Waals surface area (Å²) < 4.78 is 13.3. The molecule has 2 aromatic heterocycles. The number of rotatable bonds is 9. The van der Waals surface area contributed by atoms with Crippen molar-refractivity contribution in [3.63, 3.8) is 0 Å². The van der Waals surface area contributed by atoms with Crippen molar-refractivity contribution in [2.75, 3.05) is 5.32 Å². The standard InChI is InChI=1S/C31H30N4O3/c1-22-8-7-9-23(18-22)19-35-21-32-30(34-35)33-29(36)28-17-16-27(38-28)20-37-26-14-12-25(13-15-26)31(2,3)24-10-5-4-6-11-24/h4-18,21H,19-20H2,1-3H3,(H,33,34,36). The maximum absolute atomic E-state index is 12.6. The van der Waals surface area contributed by atoms with Crippen molar-refractivity contribution < 1.29 is 13.9 Å². The summed E-state index contributed by atoms with van der Waals surface area (Å²) in [5.41, 5.74) is 4.62. The normalized spacial score (nSPS) is 11.3. The molecule has 0 saturated heterocycles. The lowest BCUT2D eigenvalue weighted by molar-refractivity contribution is 0.0991. The molecule has 0 fully saturated rings. The summed E-state index contributed by atoms with van der Waals surface area (Å²) in [5.74, 6) is 1.23. The molecule has 0 aliphatic heterocycles. The fourth-order valence-electron chi connectivity index (χ4n) is 4.31. The number of furan rings is 1. The fourth-order valence-corrected chi connectivity index (χ4v) is 4.31. The first-order valence-corrected chi connectivity index (χ1v) is 12.5. The van der Waals surface area contributed by atoms with Crippen LogP contribution in [0.3, 0.4) is 0 Å². The number of aryl methyl sites for hydroxylation is 1. The van der Waals surface area contributed by atoms with Crippen molar-refractivity contribution in [2.24, 2.45) is 0 Å². The molecule has 1 amide bonds. The summed E-state index contributed by atoms with van der Waals surface area (Å²) in [7, 11) is 0. The first-order chi connectivity index (χ1) is 18.4. The maximum Gasteiger partial charge on any atom is 0.293 e. The number of benzene rings is 3. The molecule has 2 heterocycles. The molecule has 0 aliphatic rings. The highest BCUT2D eigenvalue weighted by molar-refractivity contribution is 6.01. The van der Waals surface area contributed by atoms with Crippen LogP contribution in [0.15, 0.2) is 102 Å². The zero-order chi connectivity index (χ0) is 26.5. The Morgan fingerprint density at radius 1 is 0.947 bits per heavy atom. The number of amides is 1. The van der Waals surface area contributed by atoms with Gasteiger partial charge in [-0.25, -0.2) is 9.67 Å². The zero-order valence-electron chi connectivity index (χ0n) is 21.7. The summed E-state index contributed by atoms with van der Waals surface area (Å²) in [5, 5.41) is 7.01. The van der Waals surface area contributed by atoms with Crippen LogP contribution in [0.2, 0.25) is 0 Å². The number of aromatic nitrogens is 3. The van der Waals surface area contributed by atoms with Crippen molar-refractivity contribution in [3.05, 3.63) is 131 Å². The van der Waals surface area contributed by atoms with Crippen LogP contribution in [0, 0.1) is 6.92 Å². The van der Waals surface area contributed by atoms with E-state index in [1.165, 1.54) is 16.7 Å². The van der Waals surface area contributed by atoms with Gasteiger partial charge < -0.3 is 9.15 Å². The van der Waals surface area contributed by atoms with E-state index in [-0.39, 0.29) is 23.7 Å². The molecule has 1 N–H and O–H groups in total. The van der Waals surface area contributed by atoms with Crippen LogP contribution in [-0.4, -0.2) is 20.7 Å². The molecule has 7 heteroatoms. The Morgan fingerprint density at radius 3 is 2.47 bits per heavy atom. The highest BCUT2D eigenvalue weighted by atomic mass is 16.5. The van der Waals surface area contributed by atoms with Crippen molar-refractivity contribution in [1.82, 2.24) is 14.8 Å². The summed E-state index contributed by atoms with van der Waals surface area (Å²) in [4.78, 5) is 16.8. The summed E-state index contributed by atoms with van der Waals surface area (Å²) in [6.45, 7) is 7.23. The van der Waals surface area contributed by atoms with Gasteiger partial charge in [-0.1, -0.05) is 86.1 Å². The third-order valence-electron chi connectivity index (χ3n) is 6.53. The van der Waals surface area contributed by atoms with Gasteiger partial charge >= 0.3 is 0 Å². The number of hydrogen-bond acceptors (Lipinski definition) is 5. The Hall–Kier alpha value is -4.65. The second kappa shape index (κ2) is 10.8. The van der Waals surface area contributed by atoms with E-state index >= 15 is 0 Å². The molecule has 0 atom stereocenters. The van der Waals surface area contributed by atoms with Gasteiger partial charge in [-0.15, -0.1) is 5.10 Å². The Morgan fingerprint density at radius 2 is 1.71 bits per heavy atom. The van der Waals surface area contributed by atoms with Crippen molar-refractivity contribution in [2.45, 2.75) is 39.3 Å². The largest absolute Gasteiger partial charge is 0.486 e. The number of nitrogens with zero attached hydrogens (tertiary/aromatic N) is 3. The molecule has 0 bridgehead atoms. The van der Waals surface area contributed by atoms with E-state index in [9.17, 15) is 4.79 Å². The van der Waals surface area contributed by atoms with Crippen molar-refractivity contribution >= 4 is 11.9 Å². The number of anilines is 1. The molecule has 7 nitrogen and oxygen atoms in total. The Kier molecular flexibility index (Phi) is 7.09. The minimum atomic E-state index is -0.419. The third-order valence-corrected chi connectivity index (χ3v) is 6.53. The number of ether oxygens (including phenoxy) is 1. The van der Waals surface area contributed by atoms with Crippen molar-refractivity contribution in [3.8, 4) is 5.75 Å². The predicted octanol–water partition coefficient (Wildman–Crippen LogP) is 6.39. The van der Waals surface area contributed by atoms with Gasteiger partial charge in [-0.05, 0) is 47.9 Å². The van der Waals surface area contributed by atoms with E-state index in [0.29, 0.717) is 12.3 Å². The highest BCUT2D eigenvalue weighted by Gasteiger charge is 2.22. The number of nitrogens with one attached hydrogen (secondary N) is 1. The summed E-state index contributed by atoms with van der Waals surface area (Å²) in [6, 6.07) is 30.0. The lowest BCUT2D eigenvalue weighted by Crippen LogP contribution is -2.18. The van der Waals surface area contributed by atoms with Gasteiger partial charge in [-0.2, -0.15) is 0 Å². The molecule has 0 unspecified atom stereocenters. The fraction of sp³-hybridized carbons (Fsp3) is 0.194. The number of carbonyl (C=O) groups is 1. The van der Waals surface area contributed by atoms with E-state index in [0.717, 1.165) is 11.3 Å². The number of carbonyl (C=O) groups excluding carboxylic acids is 1. The molecular formula is C31H30N4O3. The first kappa shape index (κ1) is 25.0. The van der Waals surface area contributed by atoms with Gasteiger partial charge in [0.1, 0.15) is 24.4 Å². The van der Waals surface area contributed by atoms with Gasteiger partial charge in [0.2, 0.25) is 5.95 Å². The van der Waals surface area contributed by atoms with Crippen molar-refractivity contribution in [1.29, 1.82) is 0 Å². The molecule has 38 heavy (non-hydrogen) atoms. The topological polar surface area (TPSA) is 82.2 Å². The van der Waals surface area contributed by atoms with Crippen LogP contribution in [0.4, 0.5) is 5.95 Å². The van der Waals surface area contributed by atoms with Crippen LogP contribution in [0.5, 0.6) is 5.75 Å². The molecule has 0 aliphatic carbocycles. The Labute approximate surface area is 222 Å². The van der Waals surface area contributed by atoms with E-state index < -0.39 is 5.91 Å². The van der Waals surface area contributed by atoms with Crippen LogP contribution >= 0.6 is 0 Å². The minimum Gasteiger partial charge on any atom is -0.486 e. The Bertz CT molecular complexity index is 1520. The lowest BCUT2D eigenvalue weighted by Gasteiger charge is -2.26. The number of hydrogen-bond donors (Lipinski definition) is 1. The molecule has 5 aromatic rings. The van der Waals surface area contributed by atoms with Gasteiger partial charge in [0.05, 0.1) is 6.54 Å².